The van der Waals surface area contributed by atoms with Gasteiger partial charge in [-0.2, -0.15) is 0 Å². The number of hydrogen-bond donors (Lipinski definition) is 1. The fourth-order valence-corrected chi connectivity index (χ4v) is 1.81. The Morgan fingerprint density at radius 1 is 1.47 bits per heavy atom. The van der Waals surface area contributed by atoms with E-state index < -0.39 is 0 Å². The maximum atomic E-state index is 13.8. The zero-order chi connectivity index (χ0) is 12.3. The highest BCUT2D eigenvalue weighted by atomic mass is 79.9. The van der Waals surface area contributed by atoms with Crippen LogP contribution in [0.1, 0.15) is 12.8 Å². The minimum Gasteiger partial charge on any atom is -0.439 e. The van der Waals surface area contributed by atoms with Gasteiger partial charge in [-0.25, -0.2) is 9.37 Å². The van der Waals surface area contributed by atoms with E-state index in [4.69, 9.17) is 4.42 Å². The van der Waals surface area contributed by atoms with Gasteiger partial charge in [0, 0.05) is 0 Å². The summed E-state index contributed by atoms with van der Waals surface area (Å²) in [5, 5.41) is 3.10. The Hall–Kier alpha value is -1.20. The van der Waals surface area contributed by atoms with Crippen LogP contribution in [0, 0.1) is 5.82 Å². The van der Waals surface area contributed by atoms with Crippen LogP contribution in [-0.2, 0) is 6.54 Å². The number of oxazole rings is 1. The largest absolute Gasteiger partial charge is 0.439 e. The molecule has 0 saturated heterocycles. The minimum atomic E-state index is -0.335. The maximum Gasteiger partial charge on any atom is 0.208 e. The molecule has 3 nitrogen and oxygen atoms in total. The second-order valence-corrected chi connectivity index (χ2v) is 4.35. The van der Waals surface area contributed by atoms with Crippen molar-refractivity contribution in [2.45, 2.75) is 13.5 Å². The van der Waals surface area contributed by atoms with E-state index in [0.717, 1.165) is 6.54 Å². The molecule has 0 bridgehead atoms. The van der Waals surface area contributed by atoms with E-state index in [1.807, 2.05) is 6.92 Å². The molecule has 2 rings (SSSR count). The van der Waals surface area contributed by atoms with E-state index in [1.54, 1.807) is 18.2 Å². The molecule has 0 unspecified atom stereocenters. The SMILES string of the molecule is CCNCc1ncc(-c2cccc(Br)c2F)o1. The average molecular weight is 299 g/mol. The van der Waals surface area contributed by atoms with Crippen molar-refractivity contribution in [1.82, 2.24) is 10.3 Å². The third kappa shape index (κ3) is 2.73. The molecule has 5 heteroatoms. The van der Waals surface area contributed by atoms with E-state index in [-0.39, 0.29) is 5.82 Å². The average Bonchev–Trinajstić information content (AvgIpc) is 2.78. The number of nitrogens with one attached hydrogen (secondary N) is 1. The van der Waals surface area contributed by atoms with Crippen molar-refractivity contribution in [3.8, 4) is 11.3 Å². The number of benzene rings is 1. The van der Waals surface area contributed by atoms with E-state index in [0.29, 0.717) is 28.2 Å². The van der Waals surface area contributed by atoms with Crippen molar-refractivity contribution in [2.75, 3.05) is 6.54 Å². The van der Waals surface area contributed by atoms with Gasteiger partial charge < -0.3 is 9.73 Å². The van der Waals surface area contributed by atoms with Crippen LogP contribution in [0.25, 0.3) is 11.3 Å². The van der Waals surface area contributed by atoms with E-state index in [1.165, 1.54) is 6.20 Å². The zero-order valence-electron chi connectivity index (χ0n) is 9.34. The lowest BCUT2D eigenvalue weighted by Gasteiger charge is -2.00. The van der Waals surface area contributed by atoms with Crippen LogP contribution in [0.4, 0.5) is 4.39 Å². The summed E-state index contributed by atoms with van der Waals surface area (Å²) in [7, 11) is 0. The second-order valence-electron chi connectivity index (χ2n) is 3.50. The Balaban J connectivity index is 2.27. The Labute approximate surface area is 107 Å². The van der Waals surface area contributed by atoms with Crippen molar-refractivity contribution >= 4 is 15.9 Å². The molecule has 0 aliphatic rings. The molecule has 0 atom stereocenters. The number of hydrogen-bond acceptors (Lipinski definition) is 3. The first-order chi connectivity index (χ1) is 8.22. The molecule has 0 aliphatic carbocycles. The van der Waals surface area contributed by atoms with Gasteiger partial charge >= 0.3 is 0 Å². The highest BCUT2D eigenvalue weighted by Gasteiger charge is 2.12. The molecule has 0 radical (unpaired) electrons. The summed E-state index contributed by atoms with van der Waals surface area (Å²) in [4.78, 5) is 4.09. The predicted octanol–water partition coefficient (Wildman–Crippen LogP) is 3.35. The molecule has 0 aliphatic heterocycles. The fourth-order valence-electron chi connectivity index (χ4n) is 1.44. The molecule has 2 aromatic rings. The first-order valence-corrected chi connectivity index (χ1v) is 6.11. The minimum absolute atomic E-state index is 0.335. The zero-order valence-corrected chi connectivity index (χ0v) is 10.9. The summed E-state index contributed by atoms with van der Waals surface area (Å²) in [5.74, 6) is 0.663. The van der Waals surface area contributed by atoms with Gasteiger partial charge in [0.2, 0.25) is 5.89 Å². The molecule has 1 aromatic heterocycles. The van der Waals surface area contributed by atoms with Gasteiger partial charge in [0.05, 0.1) is 22.8 Å². The van der Waals surface area contributed by atoms with Crippen LogP contribution >= 0.6 is 15.9 Å². The van der Waals surface area contributed by atoms with Crippen molar-refractivity contribution in [3.63, 3.8) is 0 Å². The van der Waals surface area contributed by atoms with Crippen LogP contribution in [0.2, 0.25) is 0 Å². The third-order valence-corrected chi connectivity index (χ3v) is 2.91. The lowest BCUT2D eigenvalue weighted by atomic mass is 10.2. The Bertz CT molecular complexity index is 513. The van der Waals surface area contributed by atoms with Crippen molar-refractivity contribution in [1.29, 1.82) is 0 Å². The standard InChI is InChI=1S/C12H12BrFN2O/c1-2-15-7-11-16-6-10(17-11)8-4-3-5-9(13)12(8)14/h3-6,15H,2,7H2,1H3. The number of halogens is 2. The van der Waals surface area contributed by atoms with Gasteiger partial charge in [0.25, 0.3) is 0 Å². The van der Waals surface area contributed by atoms with Crippen molar-refractivity contribution in [2.24, 2.45) is 0 Å². The predicted molar refractivity (Wildman–Crippen MR) is 67.0 cm³/mol. The molecule has 0 fully saturated rings. The summed E-state index contributed by atoms with van der Waals surface area (Å²) in [6, 6.07) is 5.07. The van der Waals surface area contributed by atoms with E-state index >= 15 is 0 Å². The van der Waals surface area contributed by atoms with Crippen LogP contribution in [0.3, 0.4) is 0 Å². The molecule has 17 heavy (non-hydrogen) atoms. The summed E-state index contributed by atoms with van der Waals surface area (Å²) >= 11 is 3.14. The molecule has 0 spiro atoms. The van der Waals surface area contributed by atoms with Gasteiger partial charge in [-0.05, 0) is 34.6 Å². The summed E-state index contributed by atoms with van der Waals surface area (Å²) < 4.78 is 19.7. The van der Waals surface area contributed by atoms with Crippen molar-refractivity contribution in [3.05, 3.63) is 40.6 Å². The molecular formula is C12H12BrFN2O. The van der Waals surface area contributed by atoms with Crippen LogP contribution in [0.15, 0.2) is 33.3 Å². The molecule has 1 aromatic carbocycles. The number of nitrogens with zero attached hydrogens (tertiary/aromatic N) is 1. The molecule has 0 saturated carbocycles. The highest BCUT2D eigenvalue weighted by molar-refractivity contribution is 9.10. The maximum absolute atomic E-state index is 13.8. The van der Waals surface area contributed by atoms with Crippen LogP contribution in [0.5, 0.6) is 0 Å². The molecule has 1 N–H and O–H groups in total. The Morgan fingerprint density at radius 2 is 2.29 bits per heavy atom. The fraction of sp³-hybridized carbons (Fsp3) is 0.250. The molecular weight excluding hydrogens is 287 g/mol. The van der Waals surface area contributed by atoms with E-state index in [2.05, 4.69) is 26.2 Å². The number of rotatable bonds is 4. The first kappa shape index (κ1) is 12.3. The smallest absolute Gasteiger partial charge is 0.208 e. The Morgan fingerprint density at radius 3 is 3.06 bits per heavy atom. The quantitative estimate of drug-likeness (QED) is 0.941. The van der Waals surface area contributed by atoms with Crippen LogP contribution in [-0.4, -0.2) is 11.5 Å². The Kier molecular flexibility index (Phi) is 3.91. The van der Waals surface area contributed by atoms with Crippen molar-refractivity contribution < 1.29 is 8.81 Å². The van der Waals surface area contributed by atoms with Gasteiger partial charge in [-0.3, -0.25) is 0 Å². The first-order valence-electron chi connectivity index (χ1n) is 5.32. The van der Waals surface area contributed by atoms with Gasteiger partial charge in [-0.15, -0.1) is 0 Å². The lowest BCUT2D eigenvalue weighted by molar-refractivity contribution is 0.479. The summed E-state index contributed by atoms with van der Waals surface area (Å²) in [6.45, 7) is 3.38. The topological polar surface area (TPSA) is 38.1 Å². The highest BCUT2D eigenvalue weighted by Crippen LogP contribution is 2.28. The van der Waals surface area contributed by atoms with Gasteiger partial charge in [0.15, 0.2) is 5.76 Å². The number of aromatic nitrogens is 1. The normalized spacial score (nSPS) is 10.8. The monoisotopic (exact) mass is 298 g/mol. The lowest BCUT2D eigenvalue weighted by Crippen LogP contribution is -2.11. The summed E-state index contributed by atoms with van der Waals surface area (Å²) in [6.07, 6.45) is 1.54. The molecule has 90 valence electrons. The van der Waals surface area contributed by atoms with Gasteiger partial charge in [-0.1, -0.05) is 13.0 Å². The molecule has 1 heterocycles. The van der Waals surface area contributed by atoms with Gasteiger partial charge in [0.1, 0.15) is 5.82 Å². The molecule has 0 amide bonds. The third-order valence-electron chi connectivity index (χ3n) is 2.30. The van der Waals surface area contributed by atoms with Crippen LogP contribution < -0.4 is 5.32 Å². The van der Waals surface area contributed by atoms with E-state index in [9.17, 15) is 4.39 Å². The summed E-state index contributed by atoms with van der Waals surface area (Å²) in [5.41, 5.74) is 0.412. The second kappa shape index (κ2) is 5.42.